The fourth-order valence-corrected chi connectivity index (χ4v) is 2.25. The summed E-state index contributed by atoms with van der Waals surface area (Å²) >= 11 is 0. The van der Waals surface area contributed by atoms with E-state index in [9.17, 15) is 25.2 Å². The normalized spacial score (nSPS) is 35.4. The van der Waals surface area contributed by atoms with Gasteiger partial charge >= 0.3 is 5.97 Å². The first-order valence-corrected chi connectivity index (χ1v) is 7.03. The molecule has 7 nitrogen and oxygen atoms in total. The van der Waals surface area contributed by atoms with Gasteiger partial charge in [-0.05, 0) is 12.8 Å². The average Bonchev–Trinajstić information content (AvgIpc) is 2.46. The predicted molar refractivity (Wildman–Crippen MR) is 80.2 cm³/mol. The SMILES string of the molecule is C.[2H]CC(O)C(O)C1OC(OCC(C)C)(C(=O)O)CC(O)C1C. The Morgan fingerprint density at radius 2 is 2.09 bits per heavy atom. The highest BCUT2D eigenvalue weighted by Gasteiger charge is 2.53. The van der Waals surface area contributed by atoms with E-state index in [-0.39, 0.29) is 26.4 Å². The molecule has 0 aromatic rings. The number of hydrogen-bond donors (Lipinski definition) is 4. The fourth-order valence-electron chi connectivity index (χ4n) is 2.25. The van der Waals surface area contributed by atoms with Crippen molar-refractivity contribution in [3.63, 3.8) is 0 Å². The van der Waals surface area contributed by atoms with Gasteiger partial charge in [0.25, 0.3) is 5.79 Å². The van der Waals surface area contributed by atoms with Crippen LogP contribution in [-0.4, -0.2) is 63.2 Å². The number of aliphatic hydroxyl groups is 3. The second kappa shape index (κ2) is 8.21. The minimum atomic E-state index is -2.07. The van der Waals surface area contributed by atoms with Crippen LogP contribution in [0.25, 0.3) is 0 Å². The predicted octanol–water partition coefficient (Wildman–Crippen LogP) is 0.604. The molecular formula is C15H30O7. The summed E-state index contributed by atoms with van der Waals surface area (Å²) in [7, 11) is 0. The lowest BCUT2D eigenvalue weighted by atomic mass is 9.85. The van der Waals surface area contributed by atoms with Crippen LogP contribution in [0.15, 0.2) is 0 Å². The largest absolute Gasteiger partial charge is 0.477 e. The molecule has 1 rings (SSSR count). The molecule has 0 aromatic carbocycles. The third-order valence-corrected chi connectivity index (χ3v) is 3.64. The summed E-state index contributed by atoms with van der Waals surface area (Å²) < 4.78 is 18.0. The lowest BCUT2D eigenvalue weighted by Gasteiger charge is -2.45. The Morgan fingerprint density at radius 3 is 2.55 bits per heavy atom. The van der Waals surface area contributed by atoms with E-state index in [0.717, 1.165) is 0 Å². The van der Waals surface area contributed by atoms with E-state index < -0.39 is 49.0 Å². The zero-order valence-electron chi connectivity index (χ0n) is 13.6. The Labute approximate surface area is 133 Å². The van der Waals surface area contributed by atoms with E-state index in [2.05, 4.69) is 0 Å². The highest BCUT2D eigenvalue weighted by Crippen LogP contribution is 2.36. The van der Waals surface area contributed by atoms with E-state index in [1.165, 1.54) is 0 Å². The lowest BCUT2D eigenvalue weighted by Crippen LogP contribution is -2.60. The van der Waals surface area contributed by atoms with Crippen molar-refractivity contribution in [2.75, 3.05) is 6.61 Å². The van der Waals surface area contributed by atoms with E-state index in [1.807, 2.05) is 13.8 Å². The van der Waals surface area contributed by atoms with Gasteiger partial charge < -0.3 is 29.9 Å². The molecule has 7 heteroatoms. The molecule has 0 spiro atoms. The average molecular weight is 323 g/mol. The number of aliphatic carboxylic acids is 1. The van der Waals surface area contributed by atoms with E-state index in [1.54, 1.807) is 6.92 Å². The first-order chi connectivity index (χ1) is 10.1. The van der Waals surface area contributed by atoms with Gasteiger partial charge in [-0.25, -0.2) is 4.79 Å². The molecule has 1 fully saturated rings. The van der Waals surface area contributed by atoms with Crippen molar-refractivity contribution in [2.45, 2.75) is 71.7 Å². The van der Waals surface area contributed by atoms with E-state index >= 15 is 0 Å². The van der Waals surface area contributed by atoms with Gasteiger partial charge in [0.1, 0.15) is 6.10 Å². The van der Waals surface area contributed by atoms with Gasteiger partial charge in [-0.15, -0.1) is 0 Å². The van der Waals surface area contributed by atoms with Crippen LogP contribution < -0.4 is 0 Å². The quantitative estimate of drug-likeness (QED) is 0.565. The highest BCUT2D eigenvalue weighted by molar-refractivity contribution is 5.76. The molecule has 1 heterocycles. The number of rotatable bonds is 6. The standard InChI is InChI=1S/C14H26O7.CH4/c1-7(2)6-20-14(13(18)19)5-10(16)8(3)12(21-14)11(17)9(4)15;/h7-12,15-17H,5-6H2,1-4H3,(H,18,19);1H4/i4D;. The van der Waals surface area contributed by atoms with Crippen molar-refractivity contribution in [1.29, 1.82) is 0 Å². The van der Waals surface area contributed by atoms with Crippen molar-refractivity contribution >= 4 is 5.97 Å². The molecule has 1 saturated heterocycles. The van der Waals surface area contributed by atoms with Crippen LogP contribution in [0, 0.1) is 11.8 Å². The van der Waals surface area contributed by atoms with E-state index in [0.29, 0.717) is 0 Å². The molecule has 1 aliphatic rings. The number of carboxylic acid groups (broad SMARTS) is 1. The molecule has 1 aliphatic heterocycles. The van der Waals surface area contributed by atoms with Crippen LogP contribution in [0.5, 0.6) is 0 Å². The maximum absolute atomic E-state index is 11.6. The van der Waals surface area contributed by atoms with Crippen molar-refractivity contribution in [3.05, 3.63) is 0 Å². The molecular weight excluding hydrogens is 292 g/mol. The number of aliphatic hydroxyl groups excluding tert-OH is 3. The minimum absolute atomic E-state index is 0. The van der Waals surface area contributed by atoms with E-state index in [4.69, 9.17) is 10.8 Å². The second-order valence-corrected chi connectivity index (χ2v) is 6.03. The molecule has 0 bridgehead atoms. The van der Waals surface area contributed by atoms with Crippen molar-refractivity contribution < 1.29 is 36.1 Å². The smallest absolute Gasteiger partial charge is 0.364 e. The zero-order valence-corrected chi connectivity index (χ0v) is 12.6. The molecule has 22 heavy (non-hydrogen) atoms. The fraction of sp³-hybridized carbons (Fsp3) is 0.933. The van der Waals surface area contributed by atoms with Gasteiger partial charge in [0.2, 0.25) is 0 Å². The maximum Gasteiger partial charge on any atom is 0.364 e. The molecule has 0 aromatic heterocycles. The molecule has 0 aliphatic carbocycles. The van der Waals surface area contributed by atoms with Gasteiger partial charge in [-0.3, -0.25) is 0 Å². The zero-order chi connectivity index (χ0) is 17.1. The first-order valence-electron chi connectivity index (χ1n) is 7.74. The Hall–Kier alpha value is -0.730. The van der Waals surface area contributed by atoms with Gasteiger partial charge in [-0.2, -0.15) is 0 Å². The summed E-state index contributed by atoms with van der Waals surface area (Å²) in [5.74, 6) is -4.01. The molecule has 132 valence electrons. The topological polar surface area (TPSA) is 116 Å². The summed E-state index contributed by atoms with van der Waals surface area (Å²) in [6.07, 6.45) is -5.36. The van der Waals surface area contributed by atoms with Gasteiger partial charge in [-0.1, -0.05) is 28.2 Å². The lowest BCUT2D eigenvalue weighted by molar-refractivity contribution is -0.318. The third-order valence-electron chi connectivity index (χ3n) is 3.64. The number of carbonyl (C=O) groups is 1. The van der Waals surface area contributed by atoms with Crippen molar-refractivity contribution in [1.82, 2.24) is 0 Å². The second-order valence-electron chi connectivity index (χ2n) is 6.03. The number of carboxylic acids is 1. The van der Waals surface area contributed by atoms with Crippen LogP contribution in [0.4, 0.5) is 0 Å². The Balaban J connectivity index is 0.00000484. The van der Waals surface area contributed by atoms with Crippen LogP contribution in [-0.2, 0) is 14.3 Å². The Bertz CT molecular complexity index is 379. The Kier molecular flexibility index (Phi) is 7.21. The van der Waals surface area contributed by atoms with Gasteiger partial charge in [0.05, 0.1) is 24.9 Å². The third kappa shape index (κ3) is 4.63. The molecule has 0 radical (unpaired) electrons. The van der Waals surface area contributed by atoms with Gasteiger partial charge in [0.15, 0.2) is 0 Å². The Morgan fingerprint density at radius 1 is 1.50 bits per heavy atom. The minimum Gasteiger partial charge on any atom is -0.477 e. The summed E-state index contributed by atoms with van der Waals surface area (Å²) in [4.78, 5) is 11.6. The highest BCUT2D eigenvalue weighted by atomic mass is 16.7. The molecule has 6 unspecified atom stereocenters. The molecule has 6 atom stereocenters. The van der Waals surface area contributed by atoms with Crippen molar-refractivity contribution in [2.24, 2.45) is 11.8 Å². The maximum atomic E-state index is 11.6. The van der Waals surface area contributed by atoms with Gasteiger partial charge in [0, 0.05) is 13.7 Å². The number of ether oxygens (including phenoxy) is 2. The van der Waals surface area contributed by atoms with Crippen LogP contribution in [0.1, 0.15) is 42.9 Å². The number of hydrogen-bond acceptors (Lipinski definition) is 6. The first kappa shape index (κ1) is 19.3. The summed E-state index contributed by atoms with van der Waals surface area (Å²) in [6.45, 7) is 4.92. The van der Waals surface area contributed by atoms with Crippen LogP contribution in [0.3, 0.4) is 0 Å². The molecule has 0 amide bonds. The summed E-state index contributed by atoms with van der Waals surface area (Å²) in [5.41, 5.74) is 0. The molecule has 4 N–H and O–H groups in total. The summed E-state index contributed by atoms with van der Waals surface area (Å²) in [5, 5.41) is 39.3. The van der Waals surface area contributed by atoms with Crippen LogP contribution >= 0.6 is 0 Å². The van der Waals surface area contributed by atoms with Crippen LogP contribution in [0.2, 0.25) is 0 Å². The monoisotopic (exact) mass is 323 g/mol. The molecule has 0 saturated carbocycles. The van der Waals surface area contributed by atoms with Crippen molar-refractivity contribution in [3.8, 4) is 0 Å². The summed E-state index contributed by atoms with van der Waals surface area (Å²) in [6, 6.07) is 0.